The lowest BCUT2D eigenvalue weighted by Crippen LogP contribution is -2.16. The molecule has 1 aliphatic carbocycles. The molecule has 0 radical (unpaired) electrons. The molecule has 2 aromatic carbocycles. The van der Waals surface area contributed by atoms with Crippen molar-refractivity contribution in [2.45, 2.75) is 31.7 Å². The van der Waals surface area contributed by atoms with Crippen LogP contribution in [0.1, 0.15) is 31.7 Å². The molecule has 2 N–H and O–H groups in total. The van der Waals surface area contributed by atoms with Crippen LogP contribution >= 0.6 is 11.5 Å². The molecule has 0 bridgehead atoms. The number of phenols is 1. The molecule has 1 saturated carbocycles. The highest BCUT2D eigenvalue weighted by molar-refractivity contribution is 7.14. The summed E-state index contributed by atoms with van der Waals surface area (Å²) in [6.45, 7) is 0. The summed E-state index contributed by atoms with van der Waals surface area (Å²) in [6.07, 6.45) is 4.32. The van der Waals surface area contributed by atoms with Gasteiger partial charge in [0.1, 0.15) is 17.0 Å². The zero-order valence-corrected chi connectivity index (χ0v) is 15.3. The Bertz CT molecular complexity index is 1300. The van der Waals surface area contributed by atoms with Gasteiger partial charge < -0.3 is 10.1 Å². The van der Waals surface area contributed by atoms with Crippen LogP contribution in [0.2, 0.25) is 0 Å². The second-order valence-electron chi connectivity index (χ2n) is 6.93. The summed E-state index contributed by atoms with van der Waals surface area (Å²) < 4.78 is 2.62. The van der Waals surface area contributed by atoms with Gasteiger partial charge in [0.2, 0.25) is 0 Å². The number of aromatic hydroxyl groups is 1. The molecule has 27 heavy (non-hydrogen) atoms. The molecule has 1 aliphatic rings. The molecule has 0 atom stereocenters. The average molecular weight is 379 g/mol. The Labute approximate surface area is 157 Å². The Balaban J connectivity index is 1.78. The number of hydrogen-bond acceptors (Lipinski definition) is 5. The Morgan fingerprint density at radius 1 is 1.11 bits per heavy atom. The second-order valence-corrected chi connectivity index (χ2v) is 7.91. The number of phenolic OH excluding ortho intramolecular Hbond substituents is 1. The van der Waals surface area contributed by atoms with Crippen molar-refractivity contribution in [2.24, 2.45) is 0 Å². The fourth-order valence-electron chi connectivity index (χ4n) is 3.90. The van der Waals surface area contributed by atoms with Gasteiger partial charge in [-0.15, -0.1) is 0 Å². The minimum absolute atomic E-state index is 0.00353. The van der Waals surface area contributed by atoms with E-state index in [4.69, 9.17) is 0 Å². The number of hydrogen-bond donors (Lipinski definition) is 2. The molecule has 136 valence electrons. The van der Waals surface area contributed by atoms with Crippen LogP contribution in [-0.2, 0) is 0 Å². The third-order valence-electron chi connectivity index (χ3n) is 5.25. The van der Waals surface area contributed by atoms with Gasteiger partial charge in [-0.1, -0.05) is 42.6 Å². The molecule has 0 unspecified atom stereocenters. The standard InChI is InChI=1S/C20H17N3O3S/c24-15-10-4-9-14-17(15)22-16(19(25)21-14)12-7-3-8-13-18(12)27-23(20(13)26)11-5-1-2-6-11/h3-4,7-11,24H,1-2,5-6H2,(H,21,25). The third-order valence-corrected chi connectivity index (χ3v) is 6.53. The first kappa shape index (κ1) is 16.3. The van der Waals surface area contributed by atoms with Crippen molar-refractivity contribution in [3.8, 4) is 17.0 Å². The lowest BCUT2D eigenvalue weighted by Gasteiger charge is -2.07. The number of fused-ring (bicyclic) bond motifs is 2. The van der Waals surface area contributed by atoms with E-state index in [-0.39, 0.29) is 28.6 Å². The van der Waals surface area contributed by atoms with Crippen LogP contribution in [0.25, 0.3) is 32.4 Å². The van der Waals surface area contributed by atoms with Crippen LogP contribution < -0.4 is 11.1 Å². The van der Waals surface area contributed by atoms with Crippen molar-refractivity contribution in [1.29, 1.82) is 0 Å². The molecule has 0 aliphatic heterocycles. The maximum Gasteiger partial charge on any atom is 0.275 e. The van der Waals surface area contributed by atoms with E-state index in [1.165, 1.54) is 17.6 Å². The maximum absolute atomic E-state index is 12.9. The smallest absolute Gasteiger partial charge is 0.275 e. The fraction of sp³-hybridized carbons (Fsp3) is 0.250. The van der Waals surface area contributed by atoms with Crippen molar-refractivity contribution in [1.82, 2.24) is 13.9 Å². The summed E-state index contributed by atoms with van der Waals surface area (Å²) in [6, 6.07) is 10.5. The summed E-state index contributed by atoms with van der Waals surface area (Å²) >= 11 is 1.41. The van der Waals surface area contributed by atoms with Crippen molar-refractivity contribution >= 4 is 32.7 Å². The topological polar surface area (TPSA) is 88.0 Å². The average Bonchev–Trinajstić information content (AvgIpc) is 3.30. The number of aromatic amines is 1. The first-order chi connectivity index (χ1) is 13.1. The zero-order valence-electron chi connectivity index (χ0n) is 14.4. The Morgan fingerprint density at radius 3 is 2.70 bits per heavy atom. The summed E-state index contributed by atoms with van der Waals surface area (Å²) in [5.41, 5.74) is 1.32. The van der Waals surface area contributed by atoms with Crippen molar-refractivity contribution in [3.63, 3.8) is 0 Å². The van der Waals surface area contributed by atoms with Gasteiger partial charge >= 0.3 is 0 Å². The fourth-order valence-corrected chi connectivity index (χ4v) is 5.16. The molecule has 2 aromatic heterocycles. The van der Waals surface area contributed by atoms with Crippen molar-refractivity contribution in [3.05, 3.63) is 57.1 Å². The van der Waals surface area contributed by atoms with E-state index >= 15 is 0 Å². The van der Waals surface area contributed by atoms with Gasteiger partial charge in [0, 0.05) is 11.6 Å². The molecule has 0 amide bonds. The van der Waals surface area contributed by atoms with Crippen LogP contribution in [0.5, 0.6) is 5.75 Å². The SMILES string of the molecule is O=c1[nH]c2cccc(O)c2nc1-c1cccc2c(=O)n(C3CCCC3)sc12. The van der Waals surface area contributed by atoms with E-state index in [9.17, 15) is 14.7 Å². The van der Waals surface area contributed by atoms with E-state index in [0.717, 1.165) is 30.4 Å². The molecule has 6 nitrogen and oxygen atoms in total. The van der Waals surface area contributed by atoms with Gasteiger partial charge in [-0.3, -0.25) is 13.5 Å². The van der Waals surface area contributed by atoms with Gasteiger partial charge in [-0.25, -0.2) is 4.98 Å². The van der Waals surface area contributed by atoms with Gasteiger partial charge in [-0.05, 0) is 31.0 Å². The number of para-hydroxylation sites is 1. The monoisotopic (exact) mass is 379 g/mol. The van der Waals surface area contributed by atoms with Gasteiger partial charge in [0.05, 0.1) is 15.6 Å². The van der Waals surface area contributed by atoms with Crippen molar-refractivity contribution < 1.29 is 5.11 Å². The highest BCUT2D eigenvalue weighted by Crippen LogP contribution is 2.35. The summed E-state index contributed by atoms with van der Waals surface area (Å²) in [5, 5.41) is 10.7. The van der Waals surface area contributed by atoms with E-state index in [0.29, 0.717) is 22.0 Å². The molecular weight excluding hydrogens is 362 g/mol. The van der Waals surface area contributed by atoms with Crippen LogP contribution in [-0.4, -0.2) is 19.0 Å². The number of H-pyrrole nitrogens is 1. The molecular formula is C20H17N3O3S. The molecule has 0 saturated heterocycles. The molecule has 1 fully saturated rings. The van der Waals surface area contributed by atoms with E-state index in [2.05, 4.69) is 9.97 Å². The highest BCUT2D eigenvalue weighted by atomic mass is 32.1. The first-order valence-corrected chi connectivity index (χ1v) is 9.78. The quantitative estimate of drug-likeness (QED) is 0.555. The van der Waals surface area contributed by atoms with Crippen LogP contribution in [0.4, 0.5) is 0 Å². The van der Waals surface area contributed by atoms with Crippen molar-refractivity contribution in [2.75, 3.05) is 0 Å². The number of aromatic nitrogens is 3. The first-order valence-electron chi connectivity index (χ1n) is 9.00. The minimum atomic E-state index is -0.339. The van der Waals surface area contributed by atoms with Gasteiger partial charge in [0.15, 0.2) is 0 Å². The van der Waals surface area contributed by atoms with Gasteiger partial charge in [0.25, 0.3) is 11.1 Å². The van der Waals surface area contributed by atoms with E-state index in [1.54, 1.807) is 30.3 Å². The van der Waals surface area contributed by atoms with E-state index < -0.39 is 0 Å². The van der Waals surface area contributed by atoms with Crippen LogP contribution in [0.3, 0.4) is 0 Å². The number of nitrogens with one attached hydrogen (secondary N) is 1. The van der Waals surface area contributed by atoms with Crippen LogP contribution in [0, 0.1) is 0 Å². The predicted molar refractivity (Wildman–Crippen MR) is 107 cm³/mol. The molecule has 7 heteroatoms. The number of benzene rings is 2. The van der Waals surface area contributed by atoms with Crippen LogP contribution in [0.15, 0.2) is 46.0 Å². The summed E-state index contributed by atoms with van der Waals surface area (Å²) in [7, 11) is 0. The Kier molecular flexibility index (Phi) is 3.65. The Morgan fingerprint density at radius 2 is 1.89 bits per heavy atom. The lowest BCUT2D eigenvalue weighted by molar-refractivity contribution is 0.480. The Hall–Kier alpha value is -2.93. The number of rotatable bonds is 2. The predicted octanol–water partition coefficient (Wildman–Crippen LogP) is 3.79. The number of nitrogens with zero attached hydrogens (tertiary/aromatic N) is 2. The summed E-state index contributed by atoms with van der Waals surface area (Å²) in [4.78, 5) is 32.7. The minimum Gasteiger partial charge on any atom is -0.506 e. The second kappa shape index (κ2) is 6.06. The lowest BCUT2D eigenvalue weighted by atomic mass is 10.1. The van der Waals surface area contributed by atoms with Gasteiger partial charge in [-0.2, -0.15) is 0 Å². The molecule has 4 aromatic rings. The molecule has 0 spiro atoms. The maximum atomic E-state index is 12.9. The third kappa shape index (κ3) is 2.49. The largest absolute Gasteiger partial charge is 0.506 e. The van der Waals surface area contributed by atoms with E-state index in [1.807, 2.05) is 3.96 Å². The molecule has 2 heterocycles. The normalized spacial score (nSPS) is 15.1. The zero-order chi connectivity index (χ0) is 18.5. The summed E-state index contributed by atoms with van der Waals surface area (Å²) in [5.74, 6) is 0.00823. The highest BCUT2D eigenvalue weighted by Gasteiger charge is 2.23. The molecule has 5 rings (SSSR count).